The Labute approximate surface area is 162 Å². The molecule has 6 heteroatoms. The number of carbonyl (C=O) groups is 2. The van der Waals surface area contributed by atoms with Crippen molar-refractivity contribution in [1.29, 1.82) is 0 Å². The number of Topliss-reactive ketones (excluding diaryl/α,β-unsaturated/α-hetero) is 1. The summed E-state index contributed by atoms with van der Waals surface area (Å²) in [6.07, 6.45) is 0.267. The number of carbonyl (C=O) groups excluding carboxylic acids is 2. The van der Waals surface area contributed by atoms with Gasteiger partial charge in [0.1, 0.15) is 5.75 Å². The summed E-state index contributed by atoms with van der Waals surface area (Å²) in [5.41, 5.74) is 2.40. The van der Waals surface area contributed by atoms with Crippen LogP contribution in [0.2, 0.25) is 0 Å². The Balaban J connectivity index is 1.51. The first-order chi connectivity index (χ1) is 13.2. The first-order valence-electron chi connectivity index (χ1n) is 8.72. The van der Waals surface area contributed by atoms with E-state index >= 15 is 0 Å². The van der Waals surface area contributed by atoms with Crippen molar-refractivity contribution in [2.45, 2.75) is 19.8 Å². The van der Waals surface area contributed by atoms with Crippen molar-refractivity contribution in [1.82, 2.24) is 4.98 Å². The largest absolute Gasteiger partial charge is 0.494 e. The Hall–Kier alpha value is -2.99. The van der Waals surface area contributed by atoms with E-state index in [2.05, 4.69) is 10.3 Å². The molecular weight excluding hydrogens is 360 g/mol. The summed E-state index contributed by atoms with van der Waals surface area (Å²) in [7, 11) is 0. The number of thiazole rings is 1. The highest BCUT2D eigenvalue weighted by Crippen LogP contribution is 2.24. The molecule has 1 aromatic heterocycles. The Kier molecular flexibility index (Phi) is 6.33. The zero-order valence-electron chi connectivity index (χ0n) is 15.0. The van der Waals surface area contributed by atoms with Crippen molar-refractivity contribution in [3.05, 3.63) is 65.5 Å². The lowest BCUT2D eigenvalue weighted by Gasteiger charge is -2.05. The maximum atomic E-state index is 12.2. The summed E-state index contributed by atoms with van der Waals surface area (Å²) in [5, 5.41) is 5.19. The van der Waals surface area contributed by atoms with Gasteiger partial charge in [-0.25, -0.2) is 4.98 Å². The monoisotopic (exact) mass is 380 g/mol. The molecule has 138 valence electrons. The molecular formula is C21H20N2O3S. The quantitative estimate of drug-likeness (QED) is 0.570. The van der Waals surface area contributed by atoms with Gasteiger partial charge >= 0.3 is 0 Å². The molecule has 3 rings (SSSR count). The van der Waals surface area contributed by atoms with E-state index in [1.807, 2.05) is 42.6 Å². The Bertz CT molecular complexity index is 905. The van der Waals surface area contributed by atoms with Gasteiger partial charge < -0.3 is 10.1 Å². The molecule has 0 aliphatic rings. The third-order valence-corrected chi connectivity index (χ3v) is 4.64. The molecule has 0 saturated heterocycles. The third kappa shape index (κ3) is 5.24. The van der Waals surface area contributed by atoms with Crippen molar-refractivity contribution in [2.24, 2.45) is 0 Å². The van der Waals surface area contributed by atoms with Crippen molar-refractivity contribution < 1.29 is 14.3 Å². The number of nitrogens with zero attached hydrogens (tertiary/aromatic N) is 1. The second kappa shape index (κ2) is 9.09. The molecule has 0 aliphatic heterocycles. The first-order valence-corrected chi connectivity index (χ1v) is 9.60. The molecule has 0 spiro atoms. The number of anilines is 1. The Morgan fingerprint density at radius 1 is 1.04 bits per heavy atom. The molecule has 0 bridgehead atoms. The van der Waals surface area contributed by atoms with E-state index in [-0.39, 0.29) is 24.5 Å². The smallest absolute Gasteiger partial charge is 0.226 e. The fourth-order valence-electron chi connectivity index (χ4n) is 2.53. The minimum absolute atomic E-state index is 0.0719. The molecule has 1 amide bonds. The summed E-state index contributed by atoms with van der Waals surface area (Å²) in [6.45, 7) is 2.49. The Morgan fingerprint density at radius 2 is 1.78 bits per heavy atom. The highest BCUT2D eigenvalue weighted by atomic mass is 32.1. The normalized spacial score (nSPS) is 10.4. The molecule has 0 atom stereocenters. The van der Waals surface area contributed by atoms with E-state index in [0.717, 1.165) is 17.0 Å². The zero-order valence-corrected chi connectivity index (χ0v) is 15.8. The van der Waals surface area contributed by atoms with E-state index < -0.39 is 0 Å². The minimum atomic E-state index is -0.219. The number of rotatable bonds is 8. The molecule has 0 radical (unpaired) electrons. The van der Waals surface area contributed by atoms with E-state index in [4.69, 9.17) is 4.74 Å². The minimum Gasteiger partial charge on any atom is -0.494 e. The lowest BCUT2D eigenvalue weighted by atomic mass is 10.1. The lowest BCUT2D eigenvalue weighted by molar-refractivity contribution is -0.116. The van der Waals surface area contributed by atoms with Crippen LogP contribution in [0.5, 0.6) is 5.75 Å². The molecule has 2 aromatic carbocycles. The van der Waals surface area contributed by atoms with Gasteiger partial charge in [-0.05, 0) is 31.2 Å². The van der Waals surface area contributed by atoms with Crippen LogP contribution in [0.4, 0.5) is 5.13 Å². The number of hydrogen-bond acceptors (Lipinski definition) is 5. The zero-order chi connectivity index (χ0) is 19.1. The number of benzene rings is 2. The van der Waals surface area contributed by atoms with Crippen LogP contribution in [-0.4, -0.2) is 23.3 Å². The fourth-order valence-corrected chi connectivity index (χ4v) is 3.27. The SMILES string of the molecule is CCOc1ccc(C(=O)CCC(=O)Nc2nc(-c3ccccc3)cs2)cc1. The van der Waals surface area contributed by atoms with Crippen LogP contribution in [0.25, 0.3) is 11.3 Å². The summed E-state index contributed by atoms with van der Waals surface area (Å²) < 4.78 is 5.36. The van der Waals surface area contributed by atoms with Crippen LogP contribution in [0.3, 0.4) is 0 Å². The molecule has 0 fully saturated rings. The second-order valence-corrected chi connectivity index (χ2v) is 6.69. The van der Waals surface area contributed by atoms with Gasteiger partial charge in [-0.1, -0.05) is 30.3 Å². The average Bonchev–Trinajstić information content (AvgIpc) is 3.16. The average molecular weight is 380 g/mol. The molecule has 3 aromatic rings. The molecule has 0 aliphatic carbocycles. The van der Waals surface area contributed by atoms with Gasteiger partial charge in [-0.2, -0.15) is 0 Å². The third-order valence-electron chi connectivity index (χ3n) is 3.89. The van der Waals surface area contributed by atoms with Crippen LogP contribution in [0, 0.1) is 0 Å². The van der Waals surface area contributed by atoms with Crippen molar-refractivity contribution in [3.8, 4) is 17.0 Å². The van der Waals surface area contributed by atoms with Gasteiger partial charge in [0.15, 0.2) is 10.9 Å². The van der Waals surface area contributed by atoms with E-state index in [9.17, 15) is 9.59 Å². The van der Waals surface area contributed by atoms with Gasteiger partial charge in [0, 0.05) is 29.3 Å². The van der Waals surface area contributed by atoms with Gasteiger partial charge in [0.25, 0.3) is 0 Å². The van der Waals surface area contributed by atoms with E-state index in [1.165, 1.54) is 11.3 Å². The standard InChI is InChI=1S/C21H20N2O3S/c1-2-26-17-10-8-16(9-11-17)19(24)12-13-20(25)23-21-22-18(14-27-21)15-6-4-3-5-7-15/h3-11,14H,2,12-13H2,1H3,(H,22,23,25). The highest BCUT2D eigenvalue weighted by molar-refractivity contribution is 7.14. The molecule has 0 saturated carbocycles. The maximum absolute atomic E-state index is 12.2. The summed E-state index contributed by atoms with van der Waals surface area (Å²) in [6, 6.07) is 16.7. The summed E-state index contributed by atoms with van der Waals surface area (Å²) in [5.74, 6) is 0.436. The fraction of sp³-hybridized carbons (Fsp3) is 0.190. The number of nitrogens with one attached hydrogen (secondary N) is 1. The van der Waals surface area contributed by atoms with Crippen LogP contribution in [0.1, 0.15) is 30.1 Å². The number of amides is 1. The summed E-state index contributed by atoms with van der Waals surface area (Å²) in [4.78, 5) is 28.8. The first kappa shape index (κ1) is 18.8. The predicted octanol–water partition coefficient (Wildman–Crippen LogP) is 4.81. The van der Waals surface area contributed by atoms with Crippen LogP contribution in [-0.2, 0) is 4.79 Å². The van der Waals surface area contributed by atoms with Crippen LogP contribution in [0.15, 0.2) is 60.0 Å². The van der Waals surface area contributed by atoms with Gasteiger partial charge in [0.2, 0.25) is 5.91 Å². The van der Waals surface area contributed by atoms with Crippen molar-refractivity contribution in [2.75, 3.05) is 11.9 Å². The Morgan fingerprint density at radius 3 is 2.48 bits per heavy atom. The van der Waals surface area contributed by atoms with Gasteiger partial charge in [0.05, 0.1) is 12.3 Å². The molecule has 27 heavy (non-hydrogen) atoms. The topological polar surface area (TPSA) is 68.3 Å². The van der Waals surface area contributed by atoms with Gasteiger partial charge in [-0.3, -0.25) is 9.59 Å². The van der Waals surface area contributed by atoms with Crippen LogP contribution >= 0.6 is 11.3 Å². The molecule has 5 nitrogen and oxygen atoms in total. The molecule has 1 heterocycles. The second-order valence-electron chi connectivity index (χ2n) is 5.83. The number of hydrogen-bond donors (Lipinski definition) is 1. The number of ketones is 1. The van der Waals surface area contributed by atoms with Crippen molar-refractivity contribution >= 4 is 28.2 Å². The van der Waals surface area contributed by atoms with Crippen molar-refractivity contribution in [3.63, 3.8) is 0 Å². The maximum Gasteiger partial charge on any atom is 0.226 e. The highest BCUT2D eigenvalue weighted by Gasteiger charge is 2.12. The van der Waals surface area contributed by atoms with Gasteiger partial charge in [-0.15, -0.1) is 11.3 Å². The predicted molar refractivity (Wildman–Crippen MR) is 107 cm³/mol. The number of ether oxygens (including phenoxy) is 1. The molecule has 1 N–H and O–H groups in total. The lowest BCUT2D eigenvalue weighted by Crippen LogP contribution is -2.13. The molecule has 0 unspecified atom stereocenters. The summed E-state index contributed by atoms with van der Waals surface area (Å²) >= 11 is 1.37. The van der Waals surface area contributed by atoms with E-state index in [0.29, 0.717) is 17.3 Å². The number of aromatic nitrogens is 1. The van der Waals surface area contributed by atoms with Crippen LogP contribution < -0.4 is 10.1 Å². The van der Waals surface area contributed by atoms with E-state index in [1.54, 1.807) is 24.3 Å².